The summed E-state index contributed by atoms with van der Waals surface area (Å²) in [4.78, 5) is 9.04. The summed E-state index contributed by atoms with van der Waals surface area (Å²) in [6.07, 6.45) is 0. The van der Waals surface area contributed by atoms with E-state index in [-0.39, 0.29) is 6.61 Å². The van der Waals surface area contributed by atoms with E-state index in [4.69, 9.17) is 0 Å². The van der Waals surface area contributed by atoms with Gasteiger partial charge in [0.1, 0.15) is 5.03 Å². The number of aliphatic hydroxyl groups excluding tert-OH is 1. The lowest BCUT2D eigenvalue weighted by molar-refractivity contribution is 0.278. The maximum absolute atomic E-state index is 9.49. The Hall–Kier alpha value is -1.43. The molecule has 0 spiro atoms. The third-order valence-corrected chi connectivity index (χ3v) is 4.82. The van der Waals surface area contributed by atoms with Gasteiger partial charge in [0.25, 0.3) is 0 Å². The van der Waals surface area contributed by atoms with Crippen LogP contribution >= 0.6 is 23.1 Å². The van der Waals surface area contributed by atoms with Crippen LogP contribution in [0.2, 0.25) is 0 Å². The van der Waals surface area contributed by atoms with E-state index >= 15 is 0 Å². The minimum Gasteiger partial charge on any atom is -0.392 e. The molecule has 2 heterocycles. The molecule has 0 aliphatic rings. The van der Waals surface area contributed by atoms with Gasteiger partial charge < -0.3 is 5.11 Å². The molecule has 0 radical (unpaired) electrons. The van der Waals surface area contributed by atoms with Gasteiger partial charge in [-0.3, -0.25) is 0 Å². The fourth-order valence-corrected chi connectivity index (χ4v) is 3.65. The quantitative estimate of drug-likeness (QED) is 0.799. The van der Waals surface area contributed by atoms with Gasteiger partial charge in [-0.05, 0) is 30.8 Å². The Kier molecular flexibility index (Phi) is 3.50. The molecular weight excluding hydrogens is 276 g/mol. The fourth-order valence-electron chi connectivity index (χ4n) is 1.81. The predicted molar refractivity (Wildman–Crippen MR) is 78.6 cm³/mol. The second-order valence-corrected chi connectivity index (χ2v) is 6.25. The zero-order chi connectivity index (χ0) is 13.2. The van der Waals surface area contributed by atoms with Gasteiger partial charge in [0.05, 0.1) is 12.1 Å². The van der Waals surface area contributed by atoms with Crippen LogP contribution < -0.4 is 0 Å². The van der Waals surface area contributed by atoms with Gasteiger partial charge in [-0.15, -0.1) is 11.3 Å². The van der Waals surface area contributed by atoms with Gasteiger partial charge in [0.15, 0.2) is 4.34 Å². The number of benzene rings is 1. The van der Waals surface area contributed by atoms with Gasteiger partial charge in [-0.2, -0.15) is 0 Å². The van der Waals surface area contributed by atoms with Crippen molar-refractivity contribution in [3.63, 3.8) is 0 Å². The molecule has 19 heavy (non-hydrogen) atoms. The second kappa shape index (κ2) is 5.28. The van der Waals surface area contributed by atoms with E-state index in [0.717, 1.165) is 31.5 Å². The summed E-state index contributed by atoms with van der Waals surface area (Å²) in [6, 6.07) is 9.92. The van der Waals surface area contributed by atoms with Crippen LogP contribution in [0.15, 0.2) is 45.1 Å². The predicted octanol–water partition coefficient (Wildman–Crippen LogP) is 3.64. The number of fused-ring (bicyclic) bond motifs is 1. The van der Waals surface area contributed by atoms with E-state index in [9.17, 15) is 5.11 Å². The Bertz CT molecular complexity index is 724. The lowest BCUT2D eigenvalue weighted by Gasteiger charge is -2.06. The smallest absolute Gasteiger partial charge is 0.156 e. The second-order valence-electron chi connectivity index (χ2n) is 4.16. The molecule has 5 heteroatoms. The molecule has 0 bridgehead atoms. The molecular formula is C14H12N2OS2. The minimum atomic E-state index is -0.00940. The Balaban J connectivity index is 2.05. The van der Waals surface area contributed by atoms with Gasteiger partial charge in [0, 0.05) is 22.0 Å². The summed E-state index contributed by atoms with van der Waals surface area (Å²) >= 11 is 3.11. The summed E-state index contributed by atoms with van der Waals surface area (Å²) in [5.74, 6) is 0. The molecule has 1 aromatic carbocycles. The van der Waals surface area contributed by atoms with Gasteiger partial charge >= 0.3 is 0 Å². The van der Waals surface area contributed by atoms with E-state index in [1.165, 1.54) is 11.8 Å². The van der Waals surface area contributed by atoms with Crippen LogP contribution in [0.1, 0.15) is 11.3 Å². The van der Waals surface area contributed by atoms with Crippen molar-refractivity contribution in [1.29, 1.82) is 0 Å². The van der Waals surface area contributed by atoms with Crippen molar-refractivity contribution in [2.24, 2.45) is 0 Å². The first-order chi connectivity index (χ1) is 9.26. The minimum absolute atomic E-state index is 0.00940. The zero-order valence-corrected chi connectivity index (χ0v) is 12.0. The summed E-state index contributed by atoms with van der Waals surface area (Å²) in [6.45, 7) is 1.96. The largest absolute Gasteiger partial charge is 0.392 e. The molecule has 3 rings (SSSR count). The van der Waals surface area contributed by atoms with E-state index in [1.54, 1.807) is 11.3 Å². The highest BCUT2D eigenvalue weighted by molar-refractivity contribution is 8.01. The highest BCUT2D eigenvalue weighted by Gasteiger charge is 2.10. The molecule has 0 saturated heterocycles. The molecule has 96 valence electrons. The first kappa shape index (κ1) is 12.6. The first-order valence-electron chi connectivity index (χ1n) is 5.86. The van der Waals surface area contributed by atoms with E-state index in [0.29, 0.717) is 0 Å². The number of rotatable bonds is 3. The van der Waals surface area contributed by atoms with Crippen LogP contribution in [-0.2, 0) is 6.61 Å². The Morgan fingerprint density at radius 3 is 2.84 bits per heavy atom. The average Bonchev–Trinajstić information content (AvgIpc) is 2.83. The van der Waals surface area contributed by atoms with E-state index in [2.05, 4.69) is 9.97 Å². The van der Waals surface area contributed by atoms with E-state index < -0.39 is 0 Å². The highest BCUT2D eigenvalue weighted by atomic mass is 32.2. The molecule has 3 nitrogen and oxygen atoms in total. The molecule has 0 saturated carbocycles. The number of nitrogens with zero attached hydrogens (tertiary/aromatic N) is 2. The SMILES string of the molecule is Cc1csc(Sc2nc3ccccc3cc2CO)n1. The third-order valence-electron chi connectivity index (χ3n) is 2.72. The van der Waals surface area contributed by atoms with Crippen LogP contribution in [0.4, 0.5) is 0 Å². The number of hydrogen-bond acceptors (Lipinski definition) is 5. The molecule has 0 aliphatic heterocycles. The zero-order valence-electron chi connectivity index (χ0n) is 10.3. The topological polar surface area (TPSA) is 46.0 Å². The number of aryl methyl sites for hydroxylation is 1. The molecule has 0 fully saturated rings. The summed E-state index contributed by atoms with van der Waals surface area (Å²) < 4.78 is 0.954. The fraction of sp³-hybridized carbons (Fsp3) is 0.143. The number of thiazole rings is 1. The third kappa shape index (κ3) is 2.63. The Labute approximate surface area is 119 Å². The maximum Gasteiger partial charge on any atom is 0.156 e. The molecule has 3 aromatic rings. The van der Waals surface area contributed by atoms with Crippen molar-refractivity contribution in [2.45, 2.75) is 22.9 Å². The normalized spacial score (nSPS) is 11.1. The molecule has 0 unspecified atom stereocenters. The van der Waals surface area contributed by atoms with Crippen LogP contribution in [0.25, 0.3) is 10.9 Å². The van der Waals surface area contributed by atoms with Crippen molar-refractivity contribution in [3.05, 3.63) is 47.0 Å². The van der Waals surface area contributed by atoms with Gasteiger partial charge in [0.2, 0.25) is 0 Å². The van der Waals surface area contributed by atoms with Crippen LogP contribution in [0.3, 0.4) is 0 Å². The van der Waals surface area contributed by atoms with Crippen molar-refractivity contribution in [2.75, 3.05) is 0 Å². The molecule has 0 atom stereocenters. The molecule has 0 aliphatic carbocycles. The van der Waals surface area contributed by atoms with Gasteiger partial charge in [-0.1, -0.05) is 18.2 Å². The van der Waals surface area contributed by atoms with Crippen LogP contribution in [0.5, 0.6) is 0 Å². The standard InChI is InChI=1S/C14H12N2OS2/c1-9-8-18-14(15-9)19-13-11(7-17)6-10-4-2-3-5-12(10)16-13/h2-6,8,17H,7H2,1H3. The van der Waals surface area contributed by atoms with Gasteiger partial charge in [-0.25, -0.2) is 9.97 Å². The Morgan fingerprint density at radius 1 is 1.26 bits per heavy atom. The lowest BCUT2D eigenvalue weighted by atomic mass is 10.2. The average molecular weight is 288 g/mol. The summed E-state index contributed by atoms with van der Waals surface area (Å²) in [7, 11) is 0. The van der Waals surface area contributed by atoms with Crippen molar-refractivity contribution < 1.29 is 5.11 Å². The van der Waals surface area contributed by atoms with Crippen molar-refractivity contribution >= 4 is 34.0 Å². The number of hydrogen-bond donors (Lipinski definition) is 1. The number of pyridine rings is 1. The number of aliphatic hydroxyl groups is 1. The molecule has 2 aromatic heterocycles. The van der Waals surface area contributed by atoms with Crippen molar-refractivity contribution in [1.82, 2.24) is 9.97 Å². The molecule has 1 N–H and O–H groups in total. The summed E-state index contributed by atoms with van der Waals surface area (Å²) in [5, 5.41) is 13.4. The maximum atomic E-state index is 9.49. The van der Waals surface area contributed by atoms with Crippen LogP contribution in [0, 0.1) is 6.92 Å². The lowest BCUT2D eigenvalue weighted by Crippen LogP contribution is -1.92. The Morgan fingerprint density at radius 2 is 2.11 bits per heavy atom. The number of aromatic nitrogens is 2. The van der Waals surface area contributed by atoms with Crippen molar-refractivity contribution in [3.8, 4) is 0 Å². The monoisotopic (exact) mass is 288 g/mol. The van der Waals surface area contributed by atoms with E-state index in [1.807, 2.05) is 42.6 Å². The first-order valence-corrected chi connectivity index (χ1v) is 7.55. The summed E-state index contributed by atoms with van der Waals surface area (Å²) in [5.41, 5.74) is 2.80. The van der Waals surface area contributed by atoms with Crippen LogP contribution in [-0.4, -0.2) is 15.1 Å². The number of para-hydroxylation sites is 1. The molecule has 0 amide bonds. The highest BCUT2D eigenvalue weighted by Crippen LogP contribution is 2.32.